The number of rotatable bonds is 6. The monoisotopic (exact) mass is 345 g/mol. The number of anilines is 2. The van der Waals surface area contributed by atoms with Crippen molar-refractivity contribution < 1.29 is 4.76 Å². The average Bonchev–Trinajstić information content (AvgIpc) is 3.48. The number of nitrogens with zero attached hydrogens (tertiary/aromatic N) is 3. The summed E-state index contributed by atoms with van der Waals surface area (Å²) in [6.07, 6.45) is 11.9. The Morgan fingerprint density at radius 2 is 1.68 bits per heavy atom. The Balaban J connectivity index is 1.52. The van der Waals surface area contributed by atoms with Crippen LogP contribution in [0.3, 0.4) is 0 Å². The minimum absolute atomic E-state index is 0.110. The summed E-state index contributed by atoms with van der Waals surface area (Å²) in [5.41, 5.74) is 0.601. The highest BCUT2D eigenvalue weighted by atomic mass is 16.3. The minimum atomic E-state index is 0.110. The molecule has 1 aliphatic heterocycles. The molecule has 0 aromatic carbocycles. The molecule has 0 bridgehead atoms. The van der Waals surface area contributed by atoms with Gasteiger partial charge in [0.15, 0.2) is 0 Å². The molecular weight excluding hydrogens is 316 g/mol. The predicted molar refractivity (Wildman–Crippen MR) is 98.4 cm³/mol. The number of hydrogen-bond acceptors (Lipinski definition) is 6. The van der Waals surface area contributed by atoms with E-state index in [9.17, 15) is 4.91 Å². The van der Waals surface area contributed by atoms with E-state index < -0.39 is 0 Å². The molecule has 2 heterocycles. The van der Waals surface area contributed by atoms with Crippen LogP contribution in [0.25, 0.3) is 0 Å². The first-order chi connectivity index (χ1) is 12.3. The summed E-state index contributed by atoms with van der Waals surface area (Å²) in [5, 5.41) is 10.4. The number of nitroso groups, excluding NO2 is 1. The van der Waals surface area contributed by atoms with Gasteiger partial charge in [-0.15, -0.1) is 0 Å². The van der Waals surface area contributed by atoms with Gasteiger partial charge >= 0.3 is 5.69 Å². The lowest BCUT2D eigenvalue weighted by atomic mass is 9.95. The Hall–Kier alpha value is -1.76. The topological polar surface area (TPSA) is 82.0 Å². The zero-order valence-corrected chi connectivity index (χ0v) is 14.8. The van der Waals surface area contributed by atoms with E-state index in [2.05, 4.69) is 20.9 Å². The van der Waals surface area contributed by atoms with Crippen molar-refractivity contribution in [3.05, 3.63) is 11.1 Å². The van der Waals surface area contributed by atoms with Gasteiger partial charge in [-0.3, -0.25) is 0 Å². The molecule has 4 rings (SSSR count). The van der Waals surface area contributed by atoms with Gasteiger partial charge in [-0.1, -0.05) is 19.3 Å². The molecule has 0 amide bonds. The van der Waals surface area contributed by atoms with Gasteiger partial charge in [0.2, 0.25) is 17.8 Å². The standard InChI is InChI=1S/C18H29N6O/c25-24(15-6-7-15)16-12-20-18(22-14-8-10-19-11-9-14)23-17(16)21-13-4-2-1-3-5-13/h12-15,19H,1-11H2,(H2,20,21,22,23)/q+1. The van der Waals surface area contributed by atoms with Crippen molar-refractivity contribution in [1.82, 2.24) is 15.3 Å². The number of piperidine rings is 1. The predicted octanol–water partition coefficient (Wildman–Crippen LogP) is 2.96. The first-order valence-electron chi connectivity index (χ1n) is 9.87. The summed E-state index contributed by atoms with van der Waals surface area (Å²) < 4.78 is 1.11. The number of nitrogens with one attached hydrogen (secondary N) is 3. The summed E-state index contributed by atoms with van der Waals surface area (Å²) in [6, 6.07) is 0.932. The Morgan fingerprint density at radius 3 is 2.40 bits per heavy atom. The molecular formula is C18H29N6O+. The van der Waals surface area contributed by atoms with E-state index in [1.807, 2.05) is 0 Å². The molecule has 3 fully saturated rings. The first-order valence-corrected chi connectivity index (χ1v) is 9.87. The van der Waals surface area contributed by atoms with E-state index in [0.717, 1.165) is 56.4 Å². The normalized spacial score (nSPS) is 22.6. The molecule has 3 aliphatic rings. The summed E-state index contributed by atoms with van der Waals surface area (Å²) >= 11 is 0. The molecule has 3 N–H and O–H groups in total. The third kappa shape index (κ3) is 4.26. The second-order valence-electron chi connectivity index (χ2n) is 7.63. The maximum Gasteiger partial charge on any atom is 0.316 e. The summed E-state index contributed by atoms with van der Waals surface area (Å²) in [6.45, 7) is 2.05. The van der Waals surface area contributed by atoms with Gasteiger partial charge in [0, 0.05) is 34.6 Å². The van der Waals surface area contributed by atoms with E-state index in [0.29, 0.717) is 29.5 Å². The van der Waals surface area contributed by atoms with E-state index in [1.165, 1.54) is 19.3 Å². The fraction of sp³-hybridized carbons (Fsp3) is 0.778. The van der Waals surface area contributed by atoms with Crippen LogP contribution in [0.1, 0.15) is 57.8 Å². The smallest absolute Gasteiger partial charge is 0.316 e. The fourth-order valence-electron chi connectivity index (χ4n) is 3.81. The lowest BCUT2D eigenvalue weighted by molar-refractivity contribution is -0.477. The second-order valence-corrected chi connectivity index (χ2v) is 7.63. The third-order valence-corrected chi connectivity index (χ3v) is 5.50. The van der Waals surface area contributed by atoms with E-state index >= 15 is 0 Å². The first kappa shape index (κ1) is 16.7. The Bertz CT molecular complexity index is 606. The van der Waals surface area contributed by atoms with Gasteiger partial charge < -0.3 is 16.0 Å². The average molecular weight is 345 g/mol. The quantitative estimate of drug-likeness (QED) is 0.688. The van der Waals surface area contributed by atoms with Gasteiger partial charge in [0.25, 0.3) is 0 Å². The second kappa shape index (κ2) is 7.64. The lowest BCUT2D eigenvalue weighted by Gasteiger charge is -2.25. The SMILES string of the molecule is O=[N+](c1cnc(NC2CCNCC2)nc1NC1CCCCC1)C1CC1. The van der Waals surface area contributed by atoms with Crippen molar-refractivity contribution in [2.24, 2.45) is 0 Å². The molecule has 136 valence electrons. The highest BCUT2D eigenvalue weighted by molar-refractivity contribution is 5.57. The summed E-state index contributed by atoms with van der Waals surface area (Å²) in [4.78, 5) is 21.7. The molecule has 7 nitrogen and oxygen atoms in total. The van der Waals surface area contributed by atoms with Crippen molar-refractivity contribution in [3.8, 4) is 0 Å². The molecule has 1 aromatic heterocycles. The van der Waals surface area contributed by atoms with Crippen LogP contribution < -0.4 is 16.0 Å². The van der Waals surface area contributed by atoms with Crippen LogP contribution in [0.15, 0.2) is 6.20 Å². The molecule has 25 heavy (non-hydrogen) atoms. The number of aromatic nitrogens is 2. The third-order valence-electron chi connectivity index (χ3n) is 5.50. The Labute approximate surface area is 149 Å². The zero-order valence-electron chi connectivity index (χ0n) is 14.8. The Morgan fingerprint density at radius 1 is 0.960 bits per heavy atom. The molecule has 1 saturated heterocycles. The molecule has 0 radical (unpaired) electrons. The van der Waals surface area contributed by atoms with Gasteiger partial charge in [-0.25, -0.2) is 4.98 Å². The van der Waals surface area contributed by atoms with E-state index in [4.69, 9.17) is 4.98 Å². The van der Waals surface area contributed by atoms with Crippen LogP contribution in [0.2, 0.25) is 0 Å². The van der Waals surface area contributed by atoms with E-state index in [-0.39, 0.29) is 6.04 Å². The van der Waals surface area contributed by atoms with Gasteiger partial charge in [0.1, 0.15) is 6.20 Å². The van der Waals surface area contributed by atoms with Crippen LogP contribution >= 0.6 is 0 Å². The number of hydrogen-bond donors (Lipinski definition) is 3. The Kier molecular flexibility index (Phi) is 5.10. The van der Waals surface area contributed by atoms with Crippen LogP contribution in [0.5, 0.6) is 0 Å². The maximum atomic E-state index is 12.5. The molecule has 2 aliphatic carbocycles. The van der Waals surface area contributed by atoms with Gasteiger partial charge in [-0.05, 0) is 38.8 Å². The van der Waals surface area contributed by atoms with Crippen LogP contribution in [-0.2, 0) is 0 Å². The zero-order chi connectivity index (χ0) is 17.1. The summed E-state index contributed by atoms with van der Waals surface area (Å²) in [5.74, 6) is 1.35. The highest BCUT2D eigenvalue weighted by Gasteiger charge is 2.41. The molecule has 0 spiro atoms. The van der Waals surface area contributed by atoms with Crippen molar-refractivity contribution in [1.29, 1.82) is 0 Å². The van der Waals surface area contributed by atoms with Crippen molar-refractivity contribution >= 4 is 17.5 Å². The van der Waals surface area contributed by atoms with Crippen molar-refractivity contribution in [3.63, 3.8) is 0 Å². The maximum absolute atomic E-state index is 12.5. The van der Waals surface area contributed by atoms with Gasteiger partial charge in [-0.2, -0.15) is 4.98 Å². The van der Waals surface area contributed by atoms with Crippen molar-refractivity contribution in [2.45, 2.75) is 75.9 Å². The van der Waals surface area contributed by atoms with Crippen LogP contribution in [0, 0.1) is 4.91 Å². The largest absolute Gasteiger partial charge is 0.362 e. The molecule has 7 heteroatoms. The molecule has 1 aromatic rings. The van der Waals surface area contributed by atoms with Gasteiger partial charge in [0.05, 0.1) is 0 Å². The minimum Gasteiger partial charge on any atom is -0.362 e. The van der Waals surface area contributed by atoms with Crippen LogP contribution in [0.4, 0.5) is 17.5 Å². The fourth-order valence-corrected chi connectivity index (χ4v) is 3.81. The molecule has 0 unspecified atom stereocenters. The highest BCUT2D eigenvalue weighted by Crippen LogP contribution is 2.34. The molecule has 2 saturated carbocycles. The van der Waals surface area contributed by atoms with Crippen molar-refractivity contribution in [2.75, 3.05) is 23.7 Å². The molecule has 0 atom stereocenters. The van der Waals surface area contributed by atoms with Crippen LogP contribution in [-0.4, -0.2) is 45.9 Å². The van der Waals surface area contributed by atoms with E-state index in [1.54, 1.807) is 6.20 Å². The summed E-state index contributed by atoms with van der Waals surface area (Å²) in [7, 11) is 0. The lowest BCUT2D eigenvalue weighted by Crippen LogP contribution is -2.35.